The molecular formula is C11H12BrNO2. The third-order valence-electron chi connectivity index (χ3n) is 2.28. The molecular weight excluding hydrogens is 258 g/mol. The number of carbonyl (C=O) groups is 1. The van der Waals surface area contributed by atoms with Crippen molar-refractivity contribution in [2.75, 3.05) is 0 Å². The van der Waals surface area contributed by atoms with Gasteiger partial charge in [0, 0.05) is 0 Å². The number of halogens is 1. The van der Waals surface area contributed by atoms with Crippen LogP contribution in [0.5, 0.6) is 0 Å². The lowest BCUT2D eigenvalue weighted by Gasteiger charge is -2.22. The highest BCUT2D eigenvalue weighted by atomic mass is 79.9. The molecule has 15 heavy (non-hydrogen) atoms. The highest BCUT2D eigenvalue weighted by molar-refractivity contribution is 9.10. The van der Waals surface area contributed by atoms with E-state index in [1.165, 1.54) is 6.26 Å². The van der Waals surface area contributed by atoms with Crippen LogP contribution in [-0.2, 0) is 0 Å². The lowest BCUT2D eigenvalue weighted by molar-refractivity contribution is 0.0922. The first kappa shape index (κ1) is 11.9. The predicted octanol–water partition coefficient (Wildman–Crippen LogP) is 2.57. The van der Waals surface area contributed by atoms with Crippen molar-refractivity contribution >= 4 is 21.8 Å². The van der Waals surface area contributed by atoms with Crippen molar-refractivity contribution in [3.05, 3.63) is 22.6 Å². The van der Waals surface area contributed by atoms with Gasteiger partial charge in [0.2, 0.25) is 0 Å². The number of carbonyl (C=O) groups excluding carboxylic acids is 1. The molecule has 0 saturated heterocycles. The monoisotopic (exact) mass is 269 g/mol. The fourth-order valence-corrected chi connectivity index (χ4v) is 1.42. The largest absolute Gasteiger partial charge is 0.457 e. The molecule has 0 aliphatic carbocycles. The predicted molar refractivity (Wildman–Crippen MR) is 61.4 cm³/mol. The number of nitrogens with one attached hydrogen (secondary N) is 1. The maximum atomic E-state index is 11.8. The zero-order chi connectivity index (χ0) is 11.5. The molecule has 1 unspecified atom stereocenters. The minimum absolute atomic E-state index is 0.238. The number of rotatable bonds is 3. The van der Waals surface area contributed by atoms with E-state index in [1.807, 2.05) is 6.92 Å². The molecule has 0 radical (unpaired) electrons. The molecule has 4 heteroatoms. The van der Waals surface area contributed by atoms with E-state index in [2.05, 4.69) is 27.2 Å². The van der Waals surface area contributed by atoms with Gasteiger partial charge >= 0.3 is 0 Å². The molecule has 0 fully saturated rings. The Morgan fingerprint density at radius 1 is 1.80 bits per heavy atom. The van der Waals surface area contributed by atoms with Gasteiger partial charge in [0.05, 0.1) is 17.4 Å². The van der Waals surface area contributed by atoms with Crippen LogP contribution in [0, 0.1) is 12.3 Å². The van der Waals surface area contributed by atoms with Crippen molar-refractivity contribution in [3.63, 3.8) is 0 Å². The zero-order valence-corrected chi connectivity index (χ0v) is 10.2. The lowest BCUT2D eigenvalue weighted by Crippen LogP contribution is -2.44. The SMILES string of the molecule is C#CC(C)(CC)NC(=O)c1ccoc1Br. The number of amides is 1. The average molecular weight is 270 g/mol. The number of terminal acetylenes is 1. The molecule has 0 spiro atoms. The number of hydrogen-bond acceptors (Lipinski definition) is 2. The van der Waals surface area contributed by atoms with E-state index in [-0.39, 0.29) is 5.91 Å². The summed E-state index contributed by atoms with van der Waals surface area (Å²) in [5.41, 5.74) is -0.168. The maximum Gasteiger partial charge on any atom is 0.256 e. The Hall–Kier alpha value is -1.21. The van der Waals surface area contributed by atoms with E-state index in [0.717, 1.165) is 0 Å². The topological polar surface area (TPSA) is 42.2 Å². The smallest absolute Gasteiger partial charge is 0.256 e. The fraction of sp³-hybridized carbons (Fsp3) is 0.364. The molecule has 1 rings (SSSR count). The van der Waals surface area contributed by atoms with Crippen LogP contribution in [0.25, 0.3) is 0 Å². The molecule has 3 nitrogen and oxygen atoms in total. The number of furan rings is 1. The Labute approximate surface area is 97.4 Å². The van der Waals surface area contributed by atoms with Crippen LogP contribution >= 0.6 is 15.9 Å². The summed E-state index contributed by atoms with van der Waals surface area (Å²) in [4.78, 5) is 11.8. The van der Waals surface area contributed by atoms with E-state index in [4.69, 9.17) is 10.8 Å². The van der Waals surface area contributed by atoms with Crippen molar-refractivity contribution in [2.24, 2.45) is 0 Å². The van der Waals surface area contributed by atoms with Gasteiger partial charge in [-0.25, -0.2) is 0 Å². The zero-order valence-electron chi connectivity index (χ0n) is 8.63. The Bertz CT molecular complexity index is 405. The summed E-state index contributed by atoms with van der Waals surface area (Å²) in [6, 6.07) is 1.59. The van der Waals surface area contributed by atoms with Crippen LogP contribution in [0.4, 0.5) is 0 Å². The van der Waals surface area contributed by atoms with Gasteiger partial charge in [-0.3, -0.25) is 4.79 Å². The van der Waals surface area contributed by atoms with Crippen LogP contribution in [0.1, 0.15) is 30.6 Å². The summed E-state index contributed by atoms with van der Waals surface area (Å²) in [6.45, 7) is 3.73. The molecule has 1 aromatic heterocycles. The Morgan fingerprint density at radius 2 is 2.47 bits per heavy atom. The first-order valence-electron chi connectivity index (χ1n) is 4.55. The standard InChI is InChI=1S/C11H12BrNO2/c1-4-11(3,5-2)13-10(14)8-6-7-15-9(8)12/h1,6-7H,5H2,2-3H3,(H,13,14). The van der Waals surface area contributed by atoms with Gasteiger partial charge in [0.15, 0.2) is 4.67 Å². The van der Waals surface area contributed by atoms with Crippen LogP contribution in [0.2, 0.25) is 0 Å². The van der Waals surface area contributed by atoms with E-state index in [9.17, 15) is 4.79 Å². The van der Waals surface area contributed by atoms with Crippen LogP contribution < -0.4 is 5.32 Å². The van der Waals surface area contributed by atoms with Crippen molar-refractivity contribution in [1.82, 2.24) is 5.32 Å². The van der Waals surface area contributed by atoms with Crippen molar-refractivity contribution in [1.29, 1.82) is 0 Å². The van der Waals surface area contributed by atoms with Gasteiger partial charge in [0.1, 0.15) is 0 Å². The molecule has 1 amide bonds. The summed E-state index contributed by atoms with van der Waals surface area (Å²) in [5.74, 6) is 2.32. The normalized spacial score (nSPS) is 14.0. The molecule has 1 aromatic rings. The Morgan fingerprint density at radius 3 is 2.87 bits per heavy atom. The molecule has 0 aliphatic rings. The second kappa shape index (κ2) is 4.54. The minimum Gasteiger partial charge on any atom is -0.457 e. The molecule has 0 saturated carbocycles. The highest BCUT2D eigenvalue weighted by Crippen LogP contribution is 2.18. The second-order valence-electron chi connectivity index (χ2n) is 3.39. The van der Waals surface area contributed by atoms with Gasteiger partial charge < -0.3 is 9.73 Å². The maximum absolute atomic E-state index is 11.8. The van der Waals surface area contributed by atoms with Crippen molar-refractivity contribution < 1.29 is 9.21 Å². The molecule has 1 atom stereocenters. The fourth-order valence-electron chi connectivity index (χ4n) is 1.00. The third-order valence-corrected chi connectivity index (χ3v) is 2.89. The van der Waals surface area contributed by atoms with Crippen molar-refractivity contribution in [2.45, 2.75) is 25.8 Å². The first-order valence-corrected chi connectivity index (χ1v) is 5.35. The van der Waals surface area contributed by atoms with E-state index >= 15 is 0 Å². The van der Waals surface area contributed by atoms with Crippen LogP contribution in [0.3, 0.4) is 0 Å². The summed E-state index contributed by atoms with van der Waals surface area (Å²) >= 11 is 3.14. The van der Waals surface area contributed by atoms with Crippen molar-refractivity contribution in [3.8, 4) is 12.3 Å². The van der Waals surface area contributed by atoms with Gasteiger partial charge in [-0.1, -0.05) is 12.8 Å². The van der Waals surface area contributed by atoms with Crippen LogP contribution in [-0.4, -0.2) is 11.4 Å². The molecule has 0 aromatic carbocycles. The number of hydrogen-bond donors (Lipinski definition) is 1. The average Bonchev–Trinajstić information content (AvgIpc) is 2.64. The first-order chi connectivity index (χ1) is 7.02. The lowest BCUT2D eigenvalue weighted by atomic mass is 10.00. The van der Waals surface area contributed by atoms with Gasteiger partial charge in [-0.05, 0) is 35.3 Å². The minimum atomic E-state index is -0.617. The highest BCUT2D eigenvalue weighted by Gasteiger charge is 2.23. The van der Waals surface area contributed by atoms with Gasteiger partial charge in [-0.2, -0.15) is 0 Å². The molecule has 1 heterocycles. The summed E-state index contributed by atoms with van der Waals surface area (Å²) in [6.07, 6.45) is 7.47. The molecule has 80 valence electrons. The van der Waals surface area contributed by atoms with E-state index < -0.39 is 5.54 Å². The Kier molecular flexibility index (Phi) is 3.59. The quantitative estimate of drug-likeness (QED) is 0.858. The third kappa shape index (κ3) is 2.63. The summed E-state index contributed by atoms with van der Waals surface area (Å²) in [5, 5.41) is 2.77. The molecule has 0 bridgehead atoms. The Balaban J connectivity index is 2.82. The van der Waals surface area contributed by atoms with E-state index in [1.54, 1.807) is 13.0 Å². The van der Waals surface area contributed by atoms with Gasteiger partial charge in [0.25, 0.3) is 5.91 Å². The summed E-state index contributed by atoms with van der Waals surface area (Å²) in [7, 11) is 0. The molecule has 0 aliphatic heterocycles. The van der Waals surface area contributed by atoms with Crippen LogP contribution in [0.15, 0.2) is 21.4 Å². The van der Waals surface area contributed by atoms with E-state index in [0.29, 0.717) is 16.7 Å². The second-order valence-corrected chi connectivity index (χ2v) is 4.11. The molecule has 1 N–H and O–H groups in total. The summed E-state index contributed by atoms with van der Waals surface area (Å²) < 4.78 is 5.38. The van der Waals surface area contributed by atoms with Gasteiger partial charge in [-0.15, -0.1) is 6.42 Å².